The summed E-state index contributed by atoms with van der Waals surface area (Å²) < 4.78 is 12.4. The van der Waals surface area contributed by atoms with Gasteiger partial charge in [0.25, 0.3) is 11.5 Å². The number of para-hydroxylation sites is 1. The van der Waals surface area contributed by atoms with E-state index in [9.17, 15) is 9.59 Å². The van der Waals surface area contributed by atoms with E-state index in [2.05, 4.69) is 0 Å². The molecular weight excluding hydrogens is 402 g/mol. The number of rotatable bonds is 8. The summed E-state index contributed by atoms with van der Waals surface area (Å²) >= 11 is 1.45. The minimum absolute atomic E-state index is 0.113. The molecule has 0 aliphatic rings. The maximum Gasteiger partial charge on any atom is 0.262 e. The van der Waals surface area contributed by atoms with Crippen molar-refractivity contribution in [3.63, 3.8) is 0 Å². The van der Waals surface area contributed by atoms with Crippen LogP contribution in [0, 0.1) is 0 Å². The SMILES string of the molecule is NC(=O)COc1cccc(CSc2nc3ccccc3c(=O)n2Cc2ccco2)c1. The number of carbonyl (C=O) groups excluding carboxylic acids is 1. The molecular formula is C22H19N3O4S. The number of primary amides is 1. The Morgan fingerprint density at radius 1 is 1.13 bits per heavy atom. The van der Waals surface area contributed by atoms with Crippen LogP contribution in [0.2, 0.25) is 0 Å². The van der Waals surface area contributed by atoms with Crippen LogP contribution >= 0.6 is 11.8 Å². The number of benzene rings is 2. The molecule has 0 bridgehead atoms. The highest BCUT2D eigenvalue weighted by Crippen LogP contribution is 2.25. The molecule has 2 aromatic heterocycles. The second-order valence-electron chi connectivity index (χ2n) is 6.57. The van der Waals surface area contributed by atoms with E-state index in [-0.39, 0.29) is 12.2 Å². The second-order valence-corrected chi connectivity index (χ2v) is 7.52. The van der Waals surface area contributed by atoms with E-state index in [1.165, 1.54) is 11.8 Å². The van der Waals surface area contributed by atoms with E-state index in [0.29, 0.717) is 39.9 Å². The first-order chi connectivity index (χ1) is 14.6. The monoisotopic (exact) mass is 421 g/mol. The Labute approximate surface area is 176 Å². The first-order valence-electron chi connectivity index (χ1n) is 9.25. The topological polar surface area (TPSA) is 100 Å². The van der Waals surface area contributed by atoms with Crippen LogP contribution in [0.3, 0.4) is 0 Å². The predicted molar refractivity (Wildman–Crippen MR) is 115 cm³/mol. The number of ether oxygens (including phenoxy) is 1. The Bertz CT molecular complexity index is 1230. The number of hydrogen-bond donors (Lipinski definition) is 1. The molecule has 4 aromatic rings. The first kappa shape index (κ1) is 19.8. The normalized spacial score (nSPS) is 10.9. The van der Waals surface area contributed by atoms with Gasteiger partial charge >= 0.3 is 0 Å². The summed E-state index contributed by atoms with van der Waals surface area (Å²) in [5, 5.41) is 1.16. The summed E-state index contributed by atoms with van der Waals surface area (Å²) in [5.74, 6) is 1.28. The zero-order chi connectivity index (χ0) is 20.9. The van der Waals surface area contributed by atoms with Gasteiger partial charge in [-0.15, -0.1) is 0 Å². The fourth-order valence-corrected chi connectivity index (χ4v) is 3.92. The van der Waals surface area contributed by atoms with Gasteiger partial charge in [-0.3, -0.25) is 14.2 Å². The average molecular weight is 421 g/mol. The lowest BCUT2D eigenvalue weighted by Crippen LogP contribution is -2.23. The van der Waals surface area contributed by atoms with Crippen LogP contribution in [0.15, 0.2) is 81.3 Å². The molecule has 152 valence electrons. The zero-order valence-electron chi connectivity index (χ0n) is 16.0. The summed E-state index contributed by atoms with van der Waals surface area (Å²) in [6, 6.07) is 18.3. The number of thioether (sulfide) groups is 1. The van der Waals surface area contributed by atoms with E-state index in [4.69, 9.17) is 19.9 Å². The first-order valence-corrected chi connectivity index (χ1v) is 10.2. The third-order valence-electron chi connectivity index (χ3n) is 4.37. The highest BCUT2D eigenvalue weighted by atomic mass is 32.2. The van der Waals surface area contributed by atoms with Gasteiger partial charge in [0.1, 0.15) is 11.5 Å². The lowest BCUT2D eigenvalue weighted by molar-refractivity contribution is -0.119. The maximum atomic E-state index is 13.1. The van der Waals surface area contributed by atoms with Gasteiger partial charge in [0.15, 0.2) is 11.8 Å². The lowest BCUT2D eigenvalue weighted by Gasteiger charge is -2.12. The Morgan fingerprint density at radius 2 is 2.00 bits per heavy atom. The predicted octanol–water partition coefficient (Wildman–Crippen LogP) is 3.19. The van der Waals surface area contributed by atoms with Gasteiger partial charge < -0.3 is 14.9 Å². The summed E-state index contributed by atoms with van der Waals surface area (Å²) in [4.78, 5) is 28.7. The van der Waals surface area contributed by atoms with Gasteiger partial charge in [-0.25, -0.2) is 4.98 Å². The van der Waals surface area contributed by atoms with Crippen molar-refractivity contribution in [1.29, 1.82) is 0 Å². The molecule has 8 heteroatoms. The summed E-state index contributed by atoms with van der Waals surface area (Å²) in [5.41, 5.74) is 6.63. The molecule has 2 N–H and O–H groups in total. The molecule has 0 atom stereocenters. The largest absolute Gasteiger partial charge is 0.484 e. The van der Waals surface area contributed by atoms with Crippen molar-refractivity contribution in [3.8, 4) is 5.75 Å². The summed E-state index contributed by atoms with van der Waals surface area (Å²) in [7, 11) is 0. The molecule has 0 saturated heterocycles. The van der Waals surface area contributed by atoms with Crippen LogP contribution in [0.4, 0.5) is 0 Å². The molecule has 2 aromatic carbocycles. The van der Waals surface area contributed by atoms with Gasteiger partial charge in [-0.2, -0.15) is 0 Å². The molecule has 0 spiro atoms. The number of hydrogen-bond acceptors (Lipinski definition) is 6. The van der Waals surface area contributed by atoms with Crippen molar-refractivity contribution in [1.82, 2.24) is 9.55 Å². The number of fused-ring (bicyclic) bond motifs is 1. The average Bonchev–Trinajstić information content (AvgIpc) is 3.27. The molecule has 7 nitrogen and oxygen atoms in total. The highest BCUT2D eigenvalue weighted by Gasteiger charge is 2.13. The number of nitrogens with zero attached hydrogens (tertiary/aromatic N) is 2. The van der Waals surface area contributed by atoms with Gasteiger partial charge in [0, 0.05) is 5.75 Å². The Hall–Kier alpha value is -3.52. The Kier molecular flexibility index (Phi) is 5.85. The smallest absolute Gasteiger partial charge is 0.262 e. The van der Waals surface area contributed by atoms with Crippen LogP contribution in [0.1, 0.15) is 11.3 Å². The van der Waals surface area contributed by atoms with Crippen molar-refractivity contribution in [3.05, 3.63) is 88.6 Å². The highest BCUT2D eigenvalue weighted by molar-refractivity contribution is 7.98. The minimum atomic E-state index is -0.530. The zero-order valence-corrected chi connectivity index (χ0v) is 16.8. The van der Waals surface area contributed by atoms with E-state index in [1.54, 1.807) is 29.0 Å². The molecule has 0 aliphatic carbocycles. The van der Waals surface area contributed by atoms with Gasteiger partial charge in [-0.05, 0) is 42.0 Å². The van der Waals surface area contributed by atoms with Crippen LogP contribution in [-0.4, -0.2) is 22.1 Å². The standard InChI is InChI=1S/C22H19N3O4S/c23-20(26)13-29-16-6-3-5-15(11-16)14-30-22-24-19-9-2-1-8-18(19)21(27)25(22)12-17-7-4-10-28-17/h1-11H,12-14H2,(H2,23,26). The van der Waals surface area contributed by atoms with Gasteiger partial charge in [0.2, 0.25) is 0 Å². The van der Waals surface area contributed by atoms with Crippen molar-refractivity contribution < 1.29 is 13.9 Å². The van der Waals surface area contributed by atoms with E-state index in [0.717, 1.165) is 5.56 Å². The quantitative estimate of drug-likeness (QED) is 0.346. The molecule has 1 amide bonds. The van der Waals surface area contributed by atoms with Crippen molar-refractivity contribution in [2.75, 3.05) is 6.61 Å². The molecule has 0 radical (unpaired) electrons. The van der Waals surface area contributed by atoms with Gasteiger partial charge in [0.05, 0.1) is 23.7 Å². The second kappa shape index (κ2) is 8.87. The third kappa shape index (κ3) is 4.55. The van der Waals surface area contributed by atoms with Crippen LogP contribution in [0.5, 0.6) is 5.75 Å². The number of furan rings is 1. The fourth-order valence-electron chi connectivity index (χ4n) is 2.98. The maximum absolute atomic E-state index is 13.1. The number of amides is 1. The van der Waals surface area contributed by atoms with Crippen LogP contribution in [0.25, 0.3) is 10.9 Å². The molecule has 0 unspecified atom stereocenters. The van der Waals surface area contributed by atoms with Crippen LogP contribution in [-0.2, 0) is 17.1 Å². The van der Waals surface area contributed by atoms with Gasteiger partial charge in [-0.1, -0.05) is 36.0 Å². The molecule has 0 fully saturated rings. The van der Waals surface area contributed by atoms with Crippen molar-refractivity contribution >= 4 is 28.6 Å². The Balaban J connectivity index is 1.62. The van der Waals surface area contributed by atoms with Crippen molar-refractivity contribution in [2.45, 2.75) is 17.5 Å². The molecule has 0 aliphatic heterocycles. The molecule has 2 heterocycles. The molecule has 4 rings (SSSR count). The number of nitrogens with two attached hydrogens (primary N) is 1. The lowest BCUT2D eigenvalue weighted by atomic mass is 10.2. The number of carbonyl (C=O) groups is 1. The van der Waals surface area contributed by atoms with Crippen molar-refractivity contribution in [2.24, 2.45) is 5.73 Å². The number of aromatic nitrogens is 2. The molecule has 0 saturated carbocycles. The summed E-state index contributed by atoms with van der Waals surface area (Å²) in [6.07, 6.45) is 1.58. The van der Waals surface area contributed by atoms with E-state index < -0.39 is 5.91 Å². The van der Waals surface area contributed by atoms with E-state index in [1.807, 2.05) is 42.5 Å². The molecule has 30 heavy (non-hydrogen) atoms. The Morgan fingerprint density at radius 3 is 2.80 bits per heavy atom. The summed E-state index contributed by atoms with van der Waals surface area (Å²) in [6.45, 7) is 0.124. The third-order valence-corrected chi connectivity index (χ3v) is 5.42. The van der Waals surface area contributed by atoms with E-state index >= 15 is 0 Å². The minimum Gasteiger partial charge on any atom is -0.484 e. The fraction of sp³-hybridized carbons (Fsp3) is 0.136. The van der Waals surface area contributed by atoms with Crippen LogP contribution < -0.4 is 16.0 Å².